The van der Waals surface area contributed by atoms with Gasteiger partial charge in [-0.05, 0) is 50.0 Å². The third kappa shape index (κ3) is 3.69. The SMILES string of the molecule is CCCNC(C1CCCOC1)C1CCOCC1C. The molecule has 2 aliphatic heterocycles. The molecule has 0 aliphatic carbocycles. The number of hydrogen-bond donors (Lipinski definition) is 1. The Balaban J connectivity index is 1.97. The molecule has 18 heavy (non-hydrogen) atoms. The maximum absolute atomic E-state index is 5.70. The van der Waals surface area contributed by atoms with Crippen molar-refractivity contribution in [2.75, 3.05) is 33.0 Å². The van der Waals surface area contributed by atoms with Gasteiger partial charge in [-0.15, -0.1) is 0 Å². The van der Waals surface area contributed by atoms with Crippen LogP contribution in [-0.2, 0) is 9.47 Å². The molecule has 106 valence electrons. The third-order valence-corrected chi connectivity index (χ3v) is 4.50. The van der Waals surface area contributed by atoms with Gasteiger partial charge in [-0.25, -0.2) is 0 Å². The van der Waals surface area contributed by atoms with Crippen molar-refractivity contribution in [3.8, 4) is 0 Å². The van der Waals surface area contributed by atoms with Crippen molar-refractivity contribution in [2.45, 2.75) is 45.6 Å². The van der Waals surface area contributed by atoms with E-state index in [-0.39, 0.29) is 0 Å². The summed E-state index contributed by atoms with van der Waals surface area (Å²) in [5.74, 6) is 2.14. The van der Waals surface area contributed by atoms with Gasteiger partial charge in [0.2, 0.25) is 0 Å². The molecule has 0 saturated carbocycles. The Kier molecular flexibility index (Phi) is 5.93. The Labute approximate surface area is 112 Å². The molecule has 0 amide bonds. The largest absolute Gasteiger partial charge is 0.381 e. The Morgan fingerprint density at radius 1 is 1.17 bits per heavy atom. The van der Waals surface area contributed by atoms with E-state index in [4.69, 9.17) is 9.47 Å². The summed E-state index contributed by atoms with van der Waals surface area (Å²) in [6.07, 6.45) is 4.97. The lowest BCUT2D eigenvalue weighted by molar-refractivity contribution is -0.0230. The molecule has 0 radical (unpaired) electrons. The van der Waals surface area contributed by atoms with E-state index in [0.29, 0.717) is 17.9 Å². The van der Waals surface area contributed by atoms with E-state index in [1.807, 2.05) is 0 Å². The van der Waals surface area contributed by atoms with E-state index in [0.717, 1.165) is 38.9 Å². The zero-order valence-electron chi connectivity index (χ0n) is 12.0. The second-order valence-electron chi connectivity index (χ2n) is 5.96. The van der Waals surface area contributed by atoms with Crippen molar-refractivity contribution in [3.63, 3.8) is 0 Å². The molecule has 0 aromatic heterocycles. The molecule has 0 bridgehead atoms. The molecule has 2 fully saturated rings. The second-order valence-corrected chi connectivity index (χ2v) is 5.96. The minimum atomic E-state index is 0.629. The highest BCUT2D eigenvalue weighted by Crippen LogP contribution is 2.31. The van der Waals surface area contributed by atoms with Gasteiger partial charge in [0.25, 0.3) is 0 Å². The van der Waals surface area contributed by atoms with Crippen LogP contribution in [0.25, 0.3) is 0 Å². The van der Waals surface area contributed by atoms with Gasteiger partial charge in [-0.1, -0.05) is 13.8 Å². The van der Waals surface area contributed by atoms with Crippen molar-refractivity contribution >= 4 is 0 Å². The molecule has 2 aliphatic rings. The highest BCUT2D eigenvalue weighted by Gasteiger charge is 2.35. The summed E-state index contributed by atoms with van der Waals surface area (Å²) >= 11 is 0. The molecule has 3 heteroatoms. The second kappa shape index (κ2) is 7.46. The topological polar surface area (TPSA) is 30.5 Å². The first kappa shape index (κ1) is 14.3. The van der Waals surface area contributed by atoms with Crippen LogP contribution in [-0.4, -0.2) is 39.0 Å². The van der Waals surface area contributed by atoms with Crippen LogP contribution in [0.1, 0.15) is 39.5 Å². The molecule has 2 saturated heterocycles. The Morgan fingerprint density at radius 2 is 2.00 bits per heavy atom. The lowest BCUT2D eigenvalue weighted by Crippen LogP contribution is -2.49. The van der Waals surface area contributed by atoms with Gasteiger partial charge in [-0.3, -0.25) is 0 Å². The Hall–Kier alpha value is -0.120. The van der Waals surface area contributed by atoms with Gasteiger partial charge in [0.15, 0.2) is 0 Å². The smallest absolute Gasteiger partial charge is 0.0509 e. The summed E-state index contributed by atoms with van der Waals surface area (Å²) in [4.78, 5) is 0. The molecule has 4 unspecified atom stereocenters. The fourth-order valence-electron chi connectivity index (χ4n) is 3.46. The monoisotopic (exact) mass is 255 g/mol. The number of ether oxygens (including phenoxy) is 2. The van der Waals surface area contributed by atoms with Crippen molar-refractivity contribution in [1.29, 1.82) is 0 Å². The molecule has 1 N–H and O–H groups in total. The van der Waals surface area contributed by atoms with Gasteiger partial charge >= 0.3 is 0 Å². The maximum Gasteiger partial charge on any atom is 0.0509 e. The number of rotatable bonds is 5. The van der Waals surface area contributed by atoms with Crippen molar-refractivity contribution in [1.82, 2.24) is 5.32 Å². The molecule has 3 nitrogen and oxygen atoms in total. The fraction of sp³-hybridized carbons (Fsp3) is 1.00. The first-order chi connectivity index (χ1) is 8.83. The molecule has 4 atom stereocenters. The standard InChI is InChI=1S/C15H29NO2/c1-3-7-16-15(13-5-4-8-17-11-13)14-6-9-18-10-12(14)2/h12-16H,3-11H2,1-2H3. The first-order valence-electron chi connectivity index (χ1n) is 7.71. The molecule has 0 spiro atoms. The summed E-state index contributed by atoms with van der Waals surface area (Å²) in [6, 6.07) is 0.629. The van der Waals surface area contributed by atoms with E-state index < -0.39 is 0 Å². The molecule has 2 heterocycles. The zero-order valence-corrected chi connectivity index (χ0v) is 12.0. The van der Waals surface area contributed by atoms with Gasteiger partial charge in [0, 0.05) is 25.9 Å². The van der Waals surface area contributed by atoms with Crippen LogP contribution < -0.4 is 5.32 Å². The van der Waals surface area contributed by atoms with E-state index in [1.54, 1.807) is 0 Å². The normalized spacial score (nSPS) is 35.3. The van der Waals surface area contributed by atoms with Crippen LogP contribution in [0.2, 0.25) is 0 Å². The Morgan fingerprint density at radius 3 is 2.67 bits per heavy atom. The van der Waals surface area contributed by atoms with Crippen molar-refractivity contribution < 1.29 is 9.47 Å². The van der Waals surface area contributed by atoms with Crippen LogP contribution in [0.3, 0.4) is 0 Å². The van der Waals surface area contributed by atoms with E-state index in [2.05, 4.69) is 19.2 Å². The lowest BCUT2D eigenvalue weighted by Gasteiger charge is -2.41. The van der Waals surface area contributed by atoms with Crippen LogP contribution in [0.15, 0.2) is 0 Å². The summed E-state index contributed by atoms with van der Waals surface area (Å²) in [5.41, 5.74) is 0. The minimum Gasteiger partial charge on any atom is -0.381 e. The average molecular weight is 255 g/mol. The van der Waals surface area contributed by atoms with Crippen LogP contribution in [0.5, 0.6) is 0 Å². The van der Waals surface area contributed by atoms with E-state index in [1.165, 1.54) is 25.7 Å². The predicted molar refractivity (Wildman–Crippen MR) is 73.7 cm³/mol. The summed E-state index contributed by atoms with van der Waals surface area (Å²) in [6.45, 7) is 9.50. The summed E-state index contributed by atoms with van der Waals surface area (Å²) in [5, 5.41) is 3.80. The van der Waals surface area contributed by atoms with Gasteiger partial charge < -0.3 is 14.8 Å². The van der Waals surface area contributed by atoms with Crippen LogP contribution in [0, 0.1) is 17.8 Å². The maximum atomic E-state index is 5.70. The van der Waals surface area contributed by atoms with Gasteiger partial charge in [-0.2, -0.15) is 0 Å². The van der Waals surface area contributed by atoms with E-state index in [9.17, 15) is 0 Å². The molecule has 0 aromatic rings. The number of hydrogen-bond acceptors (Lipinski definition) is 3. The average Bonchev–Trinajstić information content (AvgIpc) is 2.42. The minimum absolute atomic E-state index is 0.629. The molecular formula is C15H29NO2. The fourth-order valence-corrected chi connectivity index (χ4v) is 3.46. The Bertz CT molecular complexity index is 229. The van der Waals surface area contributed by atoms with Crippen molar-refractivity contribution in [3.05, 3.63) is 0 Å². The van der Waals surface area contributed by atoms with Gasteiger partial charge in [0.05, 0.1) is 6.61 Å². The first-order valence-corrected chi connectivity index (χ1v) is 7.71. The lowest BCUT2D eigenvalue weighted by atomic mass is 9.76. The number of nitrogens with one attached hydrogen (secondary N) is 1. The zero-order chi connectivity index (χ0) is 12.8. The van der Waals surface area contributed by atoms with E-state index >= 15 is 0 Å². The highest BCUT2D eigenvalue weighted by molar-refractivity contribution is 4.88. The summed E-state index contributed by atoms with van der Waals surface area (Å²) in [7, 11) is 0. The van der Waals surface area contributed by atoms with Crippen molar-refractivity contribution in [2.24, 2.45) is 17.8 Å². The quantitative estimate of drug-likeness (QED) is 0.818. The highest BCUT2D eigenvalue weighted by atomic mass is 16.5. The van der Waals surface area contributed by atoms with Crippen LogP contribution in [0.4, 0.5) is 0 Å². The molecule has 2 rings (SSSR count). The molecular weight excluding hydrogens is 226 g/mol. The van der Waals surface area contributed by atoms with Crippen LogP contribution >= 0.6 is 0 Å². The third-order valence-electron chi connectivity index (χ3n) is 4.50. The molecule has 0 aromatic carbocycles. The predicted octanol–water partition coefficient (Wildman–Crippen LogP) is 2.45. The summed E-state index contributed by atoms with van der Waals surface area (Å²) < 4.78 is 11.3. The van der Waals surface area contributed by atoms with Gasteiger partial charge in [0.1, 0.15) is 0 Å².